The molecule has 1 fully saturated rings. The van der Waals surface area contributed by atoms with Crippen molar-refractivity contribution in [2.45, 2.75) is 71.2 Å². The zero-order valence-corrected chi connectivity index (χ0v) is 16.4. The Morgan fingerprint density at radius 2 is 2.09 bits per heavy atom. The highest BCUT2D eigenvalue weighted by Crippen LogP contribution is 2.18. The average molecular weight is 347 g/mol. The van der Waals surface area contributed by atoms with Gasteiger partial charge in [0.05, 0.1) is 19.3 Å². The van der Waals surface area contributed by atoms with Crippen LogP contribution >= 0.6 is 11.8 Å². The molecule has 1 saturated heterocycles. The highest BCUT2D eigenvalue weighted by molar-refractivity contribution is 7.98. The van der Waals surface area contributed by atoms with Crippen LogP contribution < -0.4 is 5.32 Å². The lowest BCUT2D eigenvalue weighted by Gasteiger charge is -2.38. The van der Waals surface area contributed by atoms with Crippen molar-refractivity contribution < 1.29 is 14.3 Å². The molecule has 0 aliphatic carbocycles. The summed E-state index contributed by atoms with van der Waals surface area (Å²) < 4.78 is 11.1. The summed E-state index contributed by atoms with van der Waals surface area (Å²) in [6.07, 6.45) is 3.94. The van der Waals surface area contributed by atoms with Gasteiger partial charge in [-0.25, -0.2) is 4.79 Å². The molecule has 1 heterocycles. The number of nitrogens with zero attached hydrogens (tertiary/aromatic N) is 1. The number of amides is 1. The molecule has 0 saturated carbocycles. The Bertz CT molecular complexity index is 360. The second-order valence-electron chi connectivity index (χ2n) is 7.39. The van der Waals surface area contributed by atoms with Gasteiger partial charge in [0.15, 0.2) is 0 Å². The Morgan fingerprint density at radius 1 is 1.39 bits per heavy atom. The monoisotopic (exact) mass is 346 g/mol. The van der Waals surface area contributed by atoms with Crippen molar-refractivity contribution in [1.29, 1.82) is 0 Å². The van der Waals surface area contributed by atoms with Gasteiger partial charge in [0.25, 0.3) is 0 Å². The van der Waals surface area contributed by atoms with Crippen LogP contribution in [0.3, 0.4) is 0 Å². The summed E-state index contributed by atoms with van der Waals surface area (Å²) in [6.45, 7) is 11.9. The highest BCUT2D eigenvalue weighted by atomic mass is 32.2. The van der Waals surface area contributed by atoms with Gasteiger partial charge < -0.3 is 19.7 Å². The van der Waals surface area contributed by atoms with E-state index in [1.165, 1.54) is 0 Å². The lowest BCUT2D eigenvalue weighted by Crippen LogP contribution is -2.52. The van der Waals surface area contributed by atoms with Crippen molar-refractivity contribution in [1.82, 2.24) is 10.2 Å². The largest absolute Gasteiger partial charge is 0.444 e. The molecular weight excluding hydrogens is 312 g/mol. The molecule has 0 radical (unpaired) electrons. The van der Waals surface area contributed by atoms with E-state index in [1.54, 1.807) is 0 Å². The Kier molecular flexibility index (Phi) is 8.72. The van der Waals surface area contributed by atoms with Crippen molar-refractivity contribution in [3.05, 3.63) is 0 Å². The molecule has 3 unspecified atom stereocenters. The first-order chi connectivity index (χ1) is 10.7. The number of thioether (sulfide) groups is 1. The maximum absolute atomic E-state index is 12.4. The average Bonchev–Trinajstić information content (AvgIpc) is 2.43. The third kappa shape index (κ3) is 8.27. The number of ether oxygens (including phenoxy) is 2. The molecular formula is C17H34N2O3S. The van der Waals surface area contributed by atoms with Gasteiger partial charge in [0, 0.05) is 18.6 Å². The van der Waals surface area contributed by atoms with Crippen molar-refractivity contribution >= 4 is 17.9 Å². The predicted molar refractivity (Wildman–Crippen MR) is 97.2 cm³/mol. The number of carbonyl (C=O) groups is 1. The van der Waals surface area contributed by atoms with Gasteiger partial charge >= 0.3 is 6.09 Å². The van der Waals surface area contributed by atoms with Crippen LogP contribution in [-0.4, -0.2) is 66.5 Å². The lowest BCUT2D eigenvalue weighted by molar-refractivity contribution is -0.0357. The quantitative estimate of drug-likeness (QED) is 0.767. The number of carbonyl (C=O) groups excluding carboxylic acids is 1. The predicted octanol–water partition coefficient (Wildman–Crippen LogP) is 3.13. The first-order valence-corrected chi connectivity index (χ1v) is 9.94. The van der Waals surface area contributed by atoms with Crippen LogP contribution in [0.5, 0.6) is 0 Å². The van der Waals surface area contributed by atoms with Gasteiger partial charge in [0.1, 0.15) is 5.60 Å². The van der Waals surface area contributed by atoms with Crippen LogP contribution in [0, 0.1) is 0 Å². The number of morpholine rings is 1. The Labute approximate surface area is 145 Å². The van der Waals surface area contributed by atoms with E-state index >= 15 is 0 Å². The lowest BCUT2D eigenvalue weighted by atomic mass is 10.1. The summed E-state index contributed by atoms with van der Waals surface area (Å²) in [7, 11) is 0. The molecule has 23 heavy (non-hydrogen) atoms. The molecule has 0 aromatic rings. The number of nitrogens with one attached hydrogen (secondary N) is 1. The molecule has 6 heteroatoms. The van der Waals surface area contributed by atoms with Crippen LogP contribution in [0.2, 0.25) is 0 Å². The van der Waals surface area contributed by atoms with Gasteiger partial charge in [-0.1, -0.05) is 0 Å². The Morgan fingerprint density at radius 3 is 2.70 bits per heavy atom. The zero-order valence-electron chi connectivity index (χ0n) is 15.6. The van der Waals surface area contributed by atoms with Crippen molar-refractivity contribution in [3.8, 4) is 0 Å². The third-order valence-electron chi connectivity index (χ3n) is 3.81. The summed E-state index contributed by atoms with van der Waals surface area (Å²) in [4.78, 5) is 14.2. The van der Waals surface area contributed by atoms with E-state index in [2.05, 4.69) is 25.4 Å². The van der Waals surface area contributed by atoms with E-state index < -0.39 is 5.60 Å². The Hall–Kier alpha value is -0.460. The van der Waals surface area contributed by atoms with E-state index in [-0.39, 0.29) is 12.1 Å². The third-order valence-corrected chi connectivity index (χ3v) is 4.45. The second kappa shape index (κ2) is 9.74. The molecule has 1 amide bonds. The minimum Gasteiger partial charge on any atom is -0.444 e. The van der Waals surface area contributed by atoms with E-state index in [0.717, 1.165) is 18.6 Å². The summed E-state index contributed by atoms with van der Waals surface area (Å²) in [5.41, 5.74) is -0.462. The summed E-state index contributed by atoms with van der Waals surface area (Å²) in [6, 6.07) is 0.897. The van der Waals surface area contributed by atoms with Gasteiger partial charge in [-0.15, -0.1) is 0 Å². The van der Waals surface area contributed by atoms with Gasteiger partial charge in [-0.05, 0) is 59.5 Å². The summed E-state index contributed by atoms with van der Waals surface area (Å²) in [5.74, 6) is 1.16. The Balaban J connectivity index is 2.52. The molecule has 1 aliphatic heterocycles. The number of hydrogen-bond donors (Lipinski definition) is 1. The maximum atomic E-state index is 12.4. The van der Waals surface area contributed by atoms with Crippen molar-refractivity contribution in [3.63, 3.8) is 0 Å². The topological polar surface area (TPSA) is 50.8 Å². The van der Waals surface area contributed by atoms with Crippen molar-refractivity contribution in [2.24, 2.45) is 0 Å². The molecule has 0 spiro atoms. The van der Waals surface area contributed by atoms with E-state index in [0.29, 0.717) is 31.8 Å². The molecule has 0 aromatic heterocycles. The maximum Gasteiger partial charge on any atom is 0.410 e. The first-order valence-electron chi connectivity index (χ1n) is 8.55. The fourth-order valence-electron chi connectivity index (χ4n) is 2.75. The minimum absolute atomic E-state index is 0.0776. The van der Waals surface area contributed by atoms with Gasteiger partial charge in [0.2, 0.25) is 0 Å². The van der Waals surface area contributed by atoms with Gasteiger partial charge in [-0.3, -0.25) is 0 Å². The molecule has 1 rings (SSSR count). The molecule has 1 aliphatic rings. The first kappa shape index (κ1) is 20.6. The van der Waals surface area contributed by atoms with E-state index in [4.69, 9.17) is 9.47 Å². The smallest absolute Gasteiger partial charge is 0.410 e. The number of rotatable bonds is 7. The SMILES string of the molecule is CSCCC(C)NC(C)CC1COCCN1C(=O)OC(C)(C)C. The fourth-order valence-corrected chi connectivity index (χ4v) is 3.34. The fraction of sp³-hybridized carbons (Fsp3) is 0.941. The minimum atomic E-state index is -0.462. The van der Waals surface area contributed by atoms with E-state index in [9.17, 15) is 4.79 Å². The second-order valence-corrected chi connectivity index (χ2v) is 8.37. The standard InChI is InChI=1S/C17H34N2O3S/c1-13(7-10-23-6)18-14(2)11-15-12-21-9-8-19(15)16(20)22-17(3,4)5/h13-15,18H,7-12H2,1-6H3. The van der Waals surface area contributed by atoms with Crippen LogP contribution in [0.1, 0.15) is 47.5 Å². The molecule has 1 N–H and O–H groups in total. The van der Waals surface area contributed by atoms with Crippen LogP contribution in [0.15, 0.2) is 0 Å². The summed E-state index contributed by atoms with van der Waals surface area (Å²) >= 11 is 1.87. The molecule has 0 aromatic carbocycles. The van der Waals surface area contributed by atoms with Crippen molar-refractivity contribution in [2.75, 3.05) is 31.8 Å². The van der Waals surface area contributed by atoms with Crippen LogP contribution in [-0.2, 0) is 9.47 Å². The summed E-state index contributed by atoms with van der Waals surface area (Å²) in [5, 5.41) is 3.62. The zero-order chi connectivity index (χ0) is 17.5. The number of hydrogen-bond acceptors (Lipinski definition) is 5. The van der Waals surface area contributed by atoms with E-state index in [1.807, 2.05) is 37.4 Å². The molecule has 5 nitrogen and oxygen atoms in total. The molecule has 3 atom stereocenters. The molecule has 136 valence electrons. The highest BCUT2D eigenvalue weighted by Gasteiger charge is 2.31. The van der Waals surface area contributed by atoms with Crippen LogP contribution in [0.25, 0.3) is 0 Å². The van der Waals surface area contributed by atoms with Crippen LogP contribution in [0.4, 0.5) is 4.79 Å². The molecule has 0 bridgehead atoms. The normalized spacial score (nSPS) is 21.8. The van der Waals surface area contributed by atoms with Gasteiger partial charge in [-0.2, -0.15) is 11.8 Å².